The van der Waals surface area contributed by atoms with Gasteiger partial charge < -0.3 is 29.2 Å². The predicted octanol–water partition coefficient (Wildman–Crippen LogP) is 4.59. The van der Waals surface area contributed by atoms with Crippen LogP contribution in [0.3, 0.4) is 0 Å². The van der Waals surface area contributed by atoms with Crippen LogP contribution in [0.4, 0.5) is 10.2 Å². The Balaban J connectivity index is 1.53. The Hall–Kier alpha value is -3.13. The minimum Gasteiger partial charge on any atom is -0.455 e. The van der Waals surface area contributed by atoms with Crippen molar-refractivity contribution >= 4 is 45.4 Å². The van der Waals surface area contributed by atoms with Crippen molar-refractivity contribution < 1.29 is 28.1 Å². The van der Waals surface area contributed by atoms with Gasteiger partial charge in [0.2, 0.25) is 0 Å². The maximum Gasteiger partial charge on any atom is 0.303 e. The van der Waals surface area contributed by atoms with E-state index in [4.69, 9.17) is 24.7 Å². The molecule has 0 amide bonds. The van der Waals surface area contributed by atoms with Gasteiger partial charge in [-0.2, -0.15) is 0 Å². The van der Waals surface area contributed by atoms with Crippen molar-refractivity contribution in [1.29, 1.82) is 0 Å². The van der Waals surface area contributed by atoms with Crippen LogP contribution in [0.15, 0.2) is 73.2 Å². The van der Waals surface area contributed by atoms with Crippen molar-refractivity contribution in [1.82, 2.24) is 14.5 Å². The molecule has 1 fully saturated rings. The molecule has 4 atom stereocenters. The second kappa shape index (κ2) is 11.9. The normalized spacial score (nSPS) is 22.8. The number of esters is 1. The zero-order valence-corrected chi connectivity index (χ0v) is 23.4. The highest BCUT2D eigenvalue weighted by Crippen LogP contribution is 2.44. The monoisotopic (exact) mass is 646 g/mol. The summed E-state index contributed by atoms with van der Waals surface area (Å²) in [4.78, 5) is 20.8. The first-order chi connectivity index (χ1) is 18.9. The maximum atomic E-state index is 15.2. The Morgan fingerprint density at radius 1 is 1.10 bits per heavy atom. The number of nitrogen functional groups attached to an aromatic ring is 1. The van der Waals surface area contributed by atoms with E-state index < -0.39 is 36.7 Å². The molecule has 2 aromatic heterocycles. The number of hydrogen-bond donors (Lipinski definition) is 1. The molecule has 0 radical (unpaired) electrons. The van der Waals surface area contributed by atoms with Gasteiger partial charge in [-0.25, -0.2) is 14.4 Å². The number of alkyl halides is 1. The second-order valence-corrected chi connectivity index (χ2v) is 10.5. The number of benzene rings is 2. The number of halogens is 2. The number of fused-ring (bicyclic) bond motifs is 1. The highest BCUT2D eigenvalue weighted by molar-refractivity contribution is 14.1. The lowest BCUT2D eigenvalue weighted by molar-refractivity contribution is -0.165. The summed E-state index contributed by atoms with van der Waals surface area (Å²) in [5.41, 5.74) is 6.82. The number of nitrogens with two attached hydrogens (primary N) is 1. The van der Waals surface area contributed by atoms with Crippen LogP contribution in [0, 0.1) is 3.57 Å². The molecule has 39 heavy (non-hydrogen) atoms. The van der Waals surface area contributed by atoms with Crippen molar-refractivity contribution in [2.45, 2.75) is 44.2 Å². The molecule has 0 saturated carbocycles. The van der Waals surface area contributed by atoms with Crippen LogP contribution < -0.4 is 5.73 Å². The topological polar surface area (TPSA) is 111 Å². The number of carbonyl (C=O) groups is 1. The molecule has 2 aromatic carbocycles. The van der Waals surface area contributed by atoms with Crippen LogP contribution in [0.2, 0.25) is 0 Å². The summed E-state index contributed by atoms with van der Waals surface area (Å²) < 4.78 is 42.2. The molecule has 5 rings (SSSR count). The van der Waals surface area contributed by atoms with Gasteiger partial charge in [0.25, 0.3) is 0 Å². The van der Waals surface area contributed by atoms with Crippen LogP contribution in [0.5, 0.6) is 0 Å². The molecule has 2 N–H and O–H groups in total. The van der Waals surface area contributed by atoms with Crippen LogP contribution in [0.25, 0.3) is 11.0 Å². The molecular weight excluding hydrogens is 618 g/mol. The average Bonchev–Trinajstić information content (AvgIpc) is 3.43. The Kier molecular flexibility index (Phi) is 8.40. The van der Waals surface area contributed by atoms with Crippen LogP contribution in [0.1, 0.15) is 24.3 Å². The predicted molar refractivity (Wildman–Crippen MR) is 150 cm³/mol. The summed E-state index contributed by atoms with van der Waals surface area (Å²) in [6, 6.07) is 19.0. The first-order valence-corrected chi connectivity index (χ1v) is 13.4. The van der Waals surface area contributed by atoms with Crippen molar-refractivity contribution in [3.63, 3.8) is 0 Å². The van der Waals surface area contributed by atoms with Crippen LogP contribution in [-0.4, -0.2) is 51.6 Å². The largest absolute Gasteiger partial charge is 0.455 e. The number of rotatable bonds is 10. The highest BCUT2D eigenvalue weighted by Gasteiger charge is 2.59. The summed E-state index contributed by atoms with van der Waals surface area (Å²) in [7, 11) is 0. The van der Waals surface area contributed by atoms with E-state index in [1.54, 1.807) is 10.8 Å². The smallest absolute Gasteiger partial charge is 0.303 e. The van der Waals surface area contributed by atoms with Crippen LogP contribution >= 0.6 is 22.6 Å². The van der Waals surface area contributed by atoms with Crippen molar-refractivity contribution in [3.8, 4) is 0 Å². The molecule has 3 heterocycles. The number of aromatic nitrogens is 3. The van der Waals surface area contributed by atoms with Crippen molar-refractivity contribution in [2.24, 2.45) is 0 Å². The van der Waals surface area contributed by atoms with E-state index in [1.165, 1.54) is 13.3 Å². The fourth-order valence-corrected chi connectivity index (χ4v) is 5.61. The molecule has 1 aliphatic heterocycles. The third-order valence-electron chi connectivity index (χ3n) is 6.58. The van der Waals surface area contributed by atoms with Crippen molar-refractivity contribution in [2.75, 3.05) is 19.0 Å². The molecule has 0 aliphatic carbocycles. The Morgan fingerprint density at radius 3 is 2.41 bits per heavy atom. The summed E-state index contributed by atoms with van der Waals surface area (Å²) >= 11 is 2.13. The lowest BCUT2D eigenvalue weighted by Crippen LogP contribution is -2.51. The SMILES string of the molecule is CC(=O)O[C@H]1[C@H](n2cc(I)c3c(N)ncnc32)O[C@](CF)(COCc2ccccc2)[C@H]1OCc1ccccc1. The second-order valence-electron chi connectivity index (χ2n) is 9.32. The number of ether oxygens (including phenoxy) is 4. The highest BCUT2D eigenvalue weighted by atomic mass is 127. The van der Waals surface area contributed by atoms with Gasteiger partial charge in [-0.3, -0.25) is 4.79 Å². The Morgan fingerprint density at radius 2 is 1.77 bits per heavy atom. The molecule has 11 heteroatoms. The van der Waals surface area contributed by atoms with E-state index >= 15 is 4.39 Å². The summed E-state index contributed by atoms with van der Waals surface area (Å²) in [6.07, 6.45) is 0.136. The zero-order valence-electron chi connectivity index (χ0n) is 21.2. The first-order valence-electron chi connectivity index (χ1n) is 12.4. The summed E-state index contributed by atoms with van der Waals surface area (Å²) in [5.74, 6) is -0.257. The van der Waals surface area contributed by atoms with E-state index in [9.17, 15) is 4.79 Å². The molecule has 204 valence electrons. The van der Waals surface area contributed by atoms with E-state index in [1.807, 2.05) is 60.7 Å². The lowest BCUT2D eigenvalue weighted by atomic mass is 9.96. The van der Waals surface area contributed by atoms with Gasteiger partial charge in [0.15, 0.2) is 17.9 Å². The number of hydrogen-bond acceptors (Lipinski definition) is 8. The quantitative estimate of drug-likeness (QED) is 0.197. The van der Waals surface area contributed by atoms with Gasteiger partial charge in [0.1, 0.15) is 30.6 Å². The number of nitrogens with zero attached hydrogens (tertiary/aromatic N) is 3. The summed E-state index contributed by atoms with van der Waals surface area (Å²) in [6.45, 7) is 0.611. The van der Waals surface area contributed by atoms with Gasteiger partial charge in [-0.1, -0.05) is 60.7 Å². The minimum atomic E-state index is -1.57. The fourth-order valence-electron chi connectivity index (χ4n) is 4.79. The zero-order chi connectivity index (χ0) is 27.4. The van der Waals surface area contributed by atoms with E-state index in [-0.39, 0.29) is 19.8 Å². The molecule has 1 aliphatic rings. The fraction of sp³-hybridized carbons (Fsp3) is 0.321. The molecule has 0 spiro atoms. The number of anilines is 1. The minimum absolute atomic E-state index is 0.139. The summed E-state index contributed by atoms with van der Waals surface area (Å²) in [5, 5.41) is 0.628. The standard InChI is InChI=1S/C28H28FIN4O5/c1-18(35)38-23-24(37-14-20-10-6-3-7-11-20)28(15-29,16-36-13-19-8-4-2-5-9-19)39-27(23)34-12-21(30)22-25(31)32-17-33-26(22)34/h2-12,17,23-24,27H,13-16H2,1H3,(H2,31,32,33)/t23-,24+,27-,28-/m1/s1. The lowest BCUT2D eigenvalue weighted by Gasteiger charge is -2.32. The van der Waals surface area contributed by atoms with Gasteiger partial charge in [0, 0.05) is 16.7 Å². The third kappa shape index (κ3) is 5.76. The van der Waals surface area contributed by atoms with Crippen molar-refractivity contribution in [3.05, 3.63) is 87.9 Å². The van der Waals surface area contributed by atoms with Crippen LogP contribution in [-0.2, 0) is 37.0 Å². The Bertz CT molecular complexity index is 1420. The number of carbonyl (C=O) groups excluding carboxylic acids is 1. The maximum absolute atomic E-state index is 15.2. The van der Waals surface area contributed by atoms with Gasteiger partial charge in [0.05, 0.1) is 25.2 Å². The molecule has 0 unspecified atom stereocenters. The van der Waals surface area contributed by atoms with Gasteiger partial charge in [-0.05, 0) is 33.7 Å². The van der Waals surface area contributed by atoms with E-state index in [0.717, 1.165) is 14.7 Å². The molecule has 1 saturated heterocycles. The molecule has 4 aromatic rings. The molecule has 0 bridgehead atoms. The Labute approximate surface area is 238 Å². The first kappa shape index (κ1) is 27.4. The van der Waals surface area contributed by atoms with Gasteiger partial charge >= 0.3 is 5.97 Å². The third-order valence-corrected chi connectivity index (χ3v) is 7.40. The van der Waals surface area contributed by atoms with Gasteiger partial charge in [-0.15, -0.1) is 0 Å². The average molecular weight is 646 g/mol. The molecule has 9 nitrogen and oxygen atoms in total. The van der Waals surface area contributed by atoms with E-state index in [2.05, 4.69) is 32.6 Å². The molecular formula is C28H28FIN4O5. The van der Waals surface area contributed by atoms with E-state index in [0.29, 0.717) is 16.9 Å².